The molecule has 168 valence electrons. The van der Waals surface area contributed by atoms with E-state index in [2.05, 4.69) is 15.4 Å². The minimum atomic E-state index is -3.79. The van der Waals surface area contributed by atoms with E-state index in [1.807, 2.05) is 25.1 Å². The highest BCUT2D eigenvalue weighted by Gasteiger charge is 2.30. The number of anilines is 2. The van der Waals surface area contributed by atoms with E-state index in [9.17, 15) is 18.5 Å². The summed E-state index contributed by atoms with van der Waals surface area (Å²) in [6.07, 6.45) is 4.82. The number of nitrogens with one attached hydrogen (secondary N) is 1. The predicted octanol–water partition coefficient (Wildman–Crippen LogP) is 3.40. The summed E-state index contributed by atoms with van der Waals surface area (Å²) in [5, 5.41) is 18.9. The summed E-state index contributed by atoms with van der Waals surface area (Å²) in [5.41, 5.74) is 1.50. The Hall–Kier alpha value is -3.31. The van der Waals surface area contributed by atoms with Gasteiger partial charge in [0.1, 0.15) is 18.3 Å². The summed E-state index contributed by atoms with van der Waals surface area (Å²) >= 11 is 0. The van der Waals surface area contributed by atoms with Gasteiger partial charge in [-0.3, -0.25) is 10.1 Å². The van der Waals surface area contributed by atoms with Gasteiger partial charge in [-0.2, -0.15) is 9.40 Å². The van der Waals surface area contributed by atoms with Gasteiger partial charge in [0, 0.05) is 24.8 Å². The maximum Gasteiger partial charge on any atom is 0.294 e. The maximum absolute atomic E-state index is 13.0. The number of hydrogen-bond acceptors (Lipinski definition) is 7. The molecular weight excluding hydrogens is 432 g/mol. The van der Waals surface area contributed by atoms with Gasteiger partial charge in [-0.05, 0) is 48.6 Å². The van der Waals surface area contributed by atoms with Gasteiger partial charge in [0.05, 0.1) is 16.4 Å². The highest BCUT2D eigenvalue weighted by atomic mass is 32.2. The van der Waals surface area contributed by atoms with Gasteiger partial charge in [-0.1, -0.05) is 19.1 Å². The molecule has 1 fully saturated rings. The van der Waals surface area contributed by atoms with E-state index >= 15 is 0 Å². The van der Waals surface area contributed by atoms with Crippen LogP contribution in [0, 0.1) is 16.0 Å². The lowest BCUT2D eigenvalue weighted by Crippen LogP contribution is -2.39. The fraction of sp³-hybridized carbons (Fsp3) is 0.333. The van der Waals surface area contributed by atoms with E-state index in [1.165, 1.54) is 22.8 Å². The fourth-order valence-electron chi connectivity index (χ4n) is 3.85. The first-order chi connectivity index (χ1) is 15.3. The van der Waals surface area contributed by atoms with E-state index < -0.39 is 14.9 Å². The van der Waals surface area contributed by atoms with E-state index in [4.69, 9.17) is 0 Å². The average molecular weight is 457 g/mol. The Kier molecular flexibility index (Phi) is 6.19. The van der Waals surface area contributed by atoms with Gasteiger partial charge in [0.2, 0.25) is 10.0 Å². The van der Waals surface area contributed by atoms with Crippen LogP contribution in [0.5, 0.6) is 0 Å². The first-order valence-electron chi connectivity index (χ1n) is 10.3. The molecule has 1 saturated heterocycles. The third-order valence-corrected chi connectivity index (χ3v) is 7.30. The van der Waals surface area contributed by atoms with Crippen molar-refractivity contribution in [2.75, 3.05) is 18.4 Å². The molecule has 3 aromatic rings. The predicted molar refractivity (Wildman–Crippen MR) is 119 cm³/mol. The molecule has 4 rings (SSSR count). The molecule has 11 heteroatoms. The molecule has 0 spiro atoms. The Labute approximate surface area is 186 Å². The van der Waals surface area contributed by atoms with Crippen LogP contribution < -0.4 is 5.32 Å². The topological polar surface area (TPSA) is 123 Å². The van der Waals surface area contributed by atoms with Crippen molar-refractivity contribution in [3.8, 4) is 0 Å². The number of nitro benzene ring substituents is 1. The number of hydrogen-bond donors (Lipinski definition) is 1. The quantitative estimate of drug-likeness (QED) is 0.427. The zero-order chi connectivity index (χ0) is 22.7. The van der Waals surface area contributed by atoms with E-state index in [-0.39, 0.29) is 22.2 Å². The zero-order valence-corrected chi connectivity index (χ0v) is 18.4. The molecular formula is C21H24N6O4S. The van der Waals surface area contributed by atoms with Gasteiger partial charge < -0.3 is 5.32 Å². The summed E-state index contributed by atoms with van der Waals surface area (Å²) in [6.45, 7) is 3.37. The number of benzene rings is 2. The second kappa shape index (κ2) is 9.05. The lowest BCUT2D eigenvalue weighted by molar-refractivity contribution is -0.384. The van der Waals surface area contributed by atoms with Crippen LogP contribution in [0.25, 0.3) is 0 Å². The zero-order valence-electron chi connectivity index (χ0n) is 17.6. The minimum Gasteiger partial charge on any atom is -0.350 e. The number of nitro groups is 1. The minimum absolute atomic E-state index is 0.0659. The smallest absolute Gasteiger partial charge is 0.294 e. The van der Waals surface area contributed by atoms with Crippen LogP contribution >= 0.6 is 0 Å². The van der Waals surface area contributed by atoms with Gasteiger partial charge in [-0.25, -0.2) is 18.1 Å². The summed E-state index contributed by atoms with van der Waals surface area (Å²) < 4.78 is 29.2. The molecule has 0 radical (unpaired) electrons. The van der Waals surface area contributed by atoms with Crippen molar-refractivity contribution < 1.29 is 13.3 Å². The van der Waals surface area contributed by atoms with Crippen molar-refractivity contribution in [3.05, 3.63) is 70.8 Å². The SMILES string of the molecule is CC1CCCN(S(=O)(=O)c2ccc(Nc3cccc(Cn4cncn4)c3)c([N+](=O)[O-])c2)C1. The number of nitrogens with zero attached hydrogens (tertiary/aromatic N) is 5. The lowest BCUT2D eigenvalue weighted by Gasteiger charge is -2.30. The van der Waals surface area contributed by atoms with Crippen LogP contribution in [0.3, 0.4) is 0 Å². The van der Waals surface area contributed by atoms with Gasteiger partial charge >= 0.3 is 0 Å². The van der Waals surface area contributed by atoms with Gasteiger partial charge in [-0.15, -0.1) is 0 Å². The number of sulfonamides is 1. The normalized spacial score (nSPS) is 17.2. The van der Waals surface area contributed by atoms with Crippen molar-refractivity contribution in [3.63, 3.8) is 0 Å². The Morgan fingerprint density at radius 3 is 2.81 bits per heavy atom. The van der Waals surface area contributed by atoms with Crippen LogP contribution in [0.15, 0.2) is 60.0 Å². The summed E-state index contributed by atoms with van der Waals surface area (Å²) in [6, 6.07) is 11.4. The molecule has 2 aromatic carbocycles. The van der Waals surface area contributed by atoms with Crippen LogP contribution in [0.4, 0.5) is 17.1 Å². The average Bonchev–Trinajstić information content (AvgIpc) is 3.27. The summed E-state index contributed by atoms with van der Waals surface area (Å²) in [4.78, 5) is 15.0. The Morgan fingerprint density at radius 1 is 1.25 bits per heavy atom. The second-order valence-electron chi connectivity index (χ2n) is 7.96. The van der Waals surface area contributed by atoms with E-state index in [1.54, 1.807) is 17.1 Å². The molecule has 0 bridgehead atoms. The van der Waals surface area contributed by atoms with Crippen LogP contribution in [-0.2, 0) is 16.6 Å². The van der Waals surface area contributed by atoms with E-state index in [0.29, 0.717) is 25.3 Å². The van der Waals surface area contributed by atoms with Gasteiger partial charge in [0.25, 0.3) is 5.69 Å². The molecule has 1 aromatic heterocycles. The molecule has 1 N–H and O–H groups in total. The Bertz CT molecular complexity index is 1210. The first-order valence-corrected chi connectivity index (χ1v) is 11.7. The monoisotopic (exact) mass is 456 g/mol. The third kappa shape index (κ3) is 4.78. The molecule has 0 saturated carbocycles. The highest BCUT2D eigenvalue weighted by Crippen LogP contribution is 2.32. The third-order valence-electron chi connectivity index (χ3n) is 5.44. The van der Waals surface area contributed by atoms with Gasteiger partial charge in [0.15, 0.2) is 0 Å². The molecule has 1 aliphatic heterocycles. The number of piperidine rings is 1. The van der Waals surface area contributed by atoms with Crippen molar-refractivity contribution in [2.45, 2.75) is 31.2 Å². The molecule has 32 heavy (non-hydrogen) atoms. The van der Waals surface area contributed by atoms with Crippen LogP contribution in [0.2, 0.25) is 0 Å². The largest absolute Gasteiger partial charge is 0.350 e. The summed E-state index contributed by atoms with van der Waals surface area (Å²) in [7, 11) is -3.79. The van der Waals surface area contributed by atoms with Crippen LogP contribution in [-0.4, -0.2) is 45.5 Å². The standard InChI is InChI=1S/C21H24N6O4S/c1-16-4-3-9-26(12-16)32(30,31)19-7-8-20(21(11-19)27(28)29)24-18-6-2-5-17(10-18)13-25-15-22-14-23-25/h2,5-8,10-11,14-16,24H,3-4,9,12-13H2,1H3. The summed E-state index contributed by atoms with van der Waals surface area (Å²) in [5.74, 6) is 0.263. The molecule has 1 atom stereocenters. The molecule has 1 unspecified atom stereocenters. The molecule has 0 aliphatic carbocycles. The highest BCUT2D eigenvalue weighted by molar-refractivity contribution is 7.89. The molecule has 1 aliphatic rings. The molecule has 10 nitrogen and oxygen atoms in total. The van der Waals surface area contributed by atoms with Crippen molar-refractivity contribution in [1.29, 1.82) is 0 Å². The van der Waals surface area contributed by atoms with Crippen molar-refractivity contribution >= 4 is 27.1 Å². The number of rotatable bonds is 7. The van der Waals surface area contributed by atoms with Crippen molar-refractivity contribution in [2.24, 2.45) is 5.92 Å². The molecule has 2 heterocycles. The first kappa shape index (κ1) is 21.9. The second-order valence-corrected chi connectivity index (χ2v) is 9.90. The Balaban J connectivity index is 1.59. The number of aromatic nitrogens is 3. The Morgan fingerprint density at radius 2 is 2.09 bits per heavy atom. The lowest BCUT2D eigenvalue weighted by atomic mass is 10.0. The van der Waals surface area contributed by atoms with Crippen molar-refractivity contribution in [1.82, 2.24) is 19.1 Å². The van der Waals surface area contributed by atoms with Crippen LogP contribution in [0.1, 0.15) is 25.3 Å². The van der Waals surface area contributed by atoms with E-state index in [0.717, 1.165) is 24.5 Å². The molecule has 0 amide bonds. The maximum atomic E-state index is 13.0. The fourth-order valence-corrected chi connectivity index (χ4v) is 5.47.